The van der Waals surface area contributed by atoms with Gasteiger partial charge in [-0.05, 0) is 61.7 Å². The normalized spacial score (nSPS) is 23.2. The van der Waals surface area contributed by atoms with Crippen molar-refractivity contribution in [1.82, 2.24) is 4.90 Å². The topological polar surface area (TPSA) is 104 Å². The Hall–Kier alpha value is -2.85. The van der Waals surface area contributed by atoms with E-state index in [1.165, 1.54) is 30.3 Å². The van der Waals surface area contributed by atoms with Gasteiger partial charge in [0.15, 0.2) is 27.3 Å². The van der Waals surface area contributed by atoms with Crippen molar-refractivity contribution in [2.45, 2.75) is 41.7 Å². The minimum Gasteiger partial charge on any atom is -0.495 e. The fourth-order valence-corrected chi connectivity index (χ4v) is 7.61. The van der Waals surface area contributed by atoms with Gasteiger partial charge >= 0.3 is 6.09 Å². The number of sulfone groups is 1. The van der Waals surface area contributed by atoms with Crippen LogP contribution in [0, 0.1) is 17.6 Å². The van der Waals surface area contributed by atoms with Crippen LogP contribution < -0.4 is 4.74 Å². The van der Waals surface area contributed by atoms with Crippen molar-refractivity contribution < 1.29 is 36.9 Å². The second-order valence-corrected chi connectivity index (χ2v) is 11.3. The number of rotatable bonds is 2. The zero-order chi connectivity index (χ0) is 25.4. The fraction of sp³-hybridized carbons (Fsp3) is 0.375. The number of aliphatic hydroxyl groups excluding tert-OH is 1. The second kappa shape index (κ2) is 9.66. The van der Waals surface area contributed by atoms with Crippen LogP contribution in [0.1, 0.15) is 37.7 Å². The zero-order valence-corrected chi connectivity index (χ0v) is 20.2. The Morgan fingerprint density at radius 1 is 1.11 bits per heavy atom. The van der Waals surface area contributed by atoms with Gasteiger partial charge in [0.1, 0.15) is 10.6 Å². The Morgan fingerprint density at radius 2 is 1.80 bits per heavy atom. The SMILES string of the molecule is O=C(O)N1CCC=C1O.O=S(=O)(c1ccc(Cl)cc1)[C@@]12CCCC[C@@H]1COc1c(F)ccc(F)c12. The Kier molecular flexibility index (Phi) is 6.97. The van der Waals surface area contributed by atoms with Crippen LogP contribution in [0.15, 0.2) is 53.3 Å². The number of halogens is 3. The molecule has 2 aromatic rings. The third kappa shape index (κ3) is 4.33. The summed E-state index contributed by atoms with van der Waals surface area (Å²) >= 11 is 5.89. The highest BCUT2D eigenvalue weighted by atomic mass is 35.5. The average molecular weight is 528 g/mol. The van der Waals surface area contributed by atoms with Crippen molar-refractivity contribution >= 4 is 27.5 Å². The largest absolute Gasteiger partial charge is 0.495 e. The number of hydrogen-bond donors (Lipinski definition) is 2. The van der Waals surface area contributed by atoms with Crippen LogP contribution >= 0.6 is 11.6 Å². The number of amides is 1. The molecule has 7 nitrogen and oxygen atoms in total. The minimum atomic E-state index is -4.00. The fourth-order valence-electron chi connectivity index (χ4n) is 5.07. The molecule has 0 unspecified atom stereocenters. The zero-order valence-electron chi connectivity index (χ0n) is 18.6. The predicted octanol–water partition coefficient (Wildman–Crippen LogP) is 5.64. The maximum atomic E-state index is 14.8. The van der Waals surface area contributed by atoms with Crippen molar-refractivity contribution in [2.75, 3.05) is 13.2 Å². The van der Waals surface area contributed by atoms with Gasteiger partial charge in [-0.3, -0.25) is 0 Å². The van der Waals surface area contributed by atoms with E-state index in [4.69, 9.17) is 26.6 Å². The third-order valence-electron chi connectivity index (χ3n) is 6.71. The van der Waals surface area contributed by atoms with Crippen LogP contribution in [-0.2, 0) is 14.6 Å². The summed E-state index contributed by atoms with van der Waals surface area (Å²) in [5, 5.41) is 17.5. The number of fused-ring (bicyclic) bond motifs is 3. The highest BCUT2D eigenvalue weighted by Gasteiger charge is 2.58. The van der Waals surface area contributed by atoms with Crippen LogP contribution in [0.25, 0.3) is 0 Å². The van der Waals surface area contributed by atoms with Gasteiger partial charge in [-0.1, -0.05) is 24.4 Å². The molecule has 35 heavy (non-hydrogen) atoms. The lowest BCUT2D eigenvalue weighted by Crippen LogP contribution is -2.50. The number of nitrogens with zero attached hydrogens (tertiary/aromatic N) is 1. The first-order chi connectivity index (χ1) is 16.6. The number of carbonyl (C=O) groups is 1. The average Bonchev–Trinajstić information content (AvgIpc) is 3.27. The smallest absolute Gasteiger partial charge is 0.414 e. The molecule has 1 amide bonds. The molecule has 1 saturated carbocycles. The van der Waals surface area contributed by atoms with Crippen molar-refractivity contribution in [2.24, 2.45) is 5.92 Å². The van der Waals surface area contributed by atoms with Gasteiger partial charge in [0.25, 0.3) is 0 Å². The molecule has 0 radical (unpaired) electrons. The molecule has 188 valence electrons. The summed E-state index contributed by atoms with van der Waals surface area (Å²) in [5.41, 5.74) is -0.164. The number of aliphatic hydroxyl groups is 1. The molecule has 2 atom stereocenters. The standard InChI is InChI=1S/C19H17ClF2O3S.C5H7NO3/c20-13-4-6-14(7-5-13)26(23,24)19-10-2-1-3-12(19)11-25-18-16(22)9-8-15(21)17(18)19;7-4-2-1-3-6(4)5(8)9/h4-9,12H,1-3,10-11H2;2,7H,1,3H2,(H,8,9)/t12-,19+;/m1./s1. The van der Waals surface area contributed by atoms with Gasteiger partial charge in [-0.15, -0.1) is 0 Å². The molecule has 0 spiro atoms. The summed E-state index contributed by atoms with van der Waals surface area (Å²) in [6.07, 6.45) is 3.27. The second-order valence-electron chi connectivity index (χ2n) is 8.62. The molecule has 0 saturated heterocycles. The molecule has 3 aliphatic rings. The van der Waals surface area contributed by atoms with Gasteiger partial charge in [0.05, 0.1) is 17.1 Å². The van der Waals surface area contributed by atoms with Crippen LogP contribution in [0.5, 0.6) is 5.75 Å². The Bertz CT molecular complexity index is 1270. The Balaban J connectivity index is 0.000000271. The van der Waals surface area contributed by atoms with Gasteiger partial charge in [0, 0.05) is 17.5 Å². The summed E-state index contributed by atoms with van der Waals surface area (Å²) in [6.45, 7) is 0.432. The lowest BCUT2D eigenvalue weighted by Gasteiger charge is -2.47. The van der Waals surface area contributed by atoms with Crippen molar-refractivity contribution in [3.63, 3.8) is 0 Å². The molecular weight excluding hydrogens is 504 g/mol. The van der Waals surface area contributed by atoms with Crippen LogP contribution in [0.2, 0.25) is 5.02 Å². The Morgan fingerprint density at radius 3 is 2.40 bits per heavy atom. The highest BCUT2D eigenvalue weighted by Crippen LogP contribution is 2.56. The minimum absolute atomic E-state index is 0.0557. The number of hydrogen-bond acceptors (Lipinski definition) is 5. The van der Waals surface area contributed by atoms with Gasteiger partial charge < -0.3 is 14.9 Å². The Labute approximate surface area is 206 Å². The maximum Gasteiger partial charge on any atom is 0.414 e. The van der Waals surface area contributed by atoms with E-state index in [-0.39, 0.29) is 35.1 Å². The van der Waals surface area contributed by atoms with Crippen molar-refractivity contribution in [1.29, 1.82) is 0 Å². The predicted molar refractivity (Wildman–Crippen MR) is 124 cm³/mol. The summed E-state index contributed by atoms with van der Waals surface area (Å²) in [4.78, 5) is 11.1. The molecule has 2 heterocycles. The molecule has 1 fully saturated rings. The van der Waals surface area contributed by atoms with E-state index in [9.17, 15) is 22.0 Å². The lowest BCUT2D eigenvalue weighted by atomic mass is 9.73. The van der Waals surface area contributed by atoms with Gasteiger partial charge in [0.2, 0.25) is 0 Å². The van der Waals surface area contributed by atoms with Crippen LogP contribution in [0.4, 0.5) is 13.6 Å². The van der Waals surface area contributed by atoms with Crippen molar-refractivity contribution in [3.8, 4) is 5.75 Å². The molecule has 1 aliphatic carbocycles. The van der Waals surface area contributed by atoms with Gasteiger partial charge in [-0.2, -0.15) is 0 Å². The van der Waals surface area contributed by atoms with E-state index in [2.05, 4.69) is 0 Å². The van der Waals surface area contributed by atoms with Crippen LogP contribution in [0.3, 0.4) is 0 Å². The summed E-state index contributed by atoms with van der Waals surface area (Å²) < 4.78 is 60.5. The molecule has 2 N–H and O–H groups in total. The number of ether oxygens (including phenoxy) is 1. The molecule has 5 rings (SSSR count). The van der Waals surface area contributed by atoms with E-state index in [0.717, 1.165) is 23.5 Å². The maximum absolute atomic E-state index is 14.8. The molecule has 11 heteroatoms. The highest BCUT2D eigenvalue weighted by molar-refractivity contribution is 7.92. The van der Waals surface area contributed by atoms with Gasteiger partial charge in [-0.25, -0.2) is 26.9 Å². The third-order valence-corrected chi connectivity index (χ3v) is 9.56. The van der Waals surface area contributed by atoms with E-state index in [1.807, 2.05) is 0 Å². The first kappa shape index (κ1) is 25.2. The quantitative estimate of drug-likeness (QED) is 0.524. The summed E-state index contributed by atoms with van der Waals surface area (Å²) in [7, 11) is -4.00. The number of benzene rings is 2. The summed E-state index contributed by atoms with van der Waals surface area (Å²) in [5.74, 6) is -2.34. The van der Waals surface area contributed by atoms with Crippen LogP contribution in [-0.4, -0.2) is 42.8 Å². The molecule has 0 bridgehead atoms. The number of carboxylic acid groups (broad SMARTS) is 1. The van der Waals surface area contributed by atoms with Crippen molar-refractivity contribution in [3.05, 3.63) is 70.6 Å². The van der Waals surface area contributed by atoms with E-state index in [1.54, 1.807) is 0 Å². The monoisotopic (exact) mass is 527 g/mol. The lowest BCUT2D eigenvalue weighted by molar-refractivity contribution is 0.124. The molecule has 2 aliphatic heterocycles. The summed E-state index contributed by atoms with van der Waals surface area (Å²) in [6, 6.07) is 7.78. The molecule has 0 aromatic heterocycles. The first-order valence-corrected chi connectivity index (χ1v) is 13.0. The molecular formula is C24H24ClF2NO6S. The van der Waals surface area contributed by atoms with E-state index < -0.39 is 38.2 Å². The molecule has 2 aromatic carbocycles. The van der Waals surface area contributed by atoms with E-state index >= 15 is 0 Å². The first-order valence-electron chi connectivity index (χ1n) is 11.1. The van der Waals surface area contributed by atoms with E-state index in [0.29, 0.717) is 30.8 Å².